The Morgan fingerprint density at radius 2 is 2.00 bits per heavy atom. The molecular formula is C9H14N3O3. The van der Waals surface area contributed by atoms with Gasteiger partial charge in [-0.2, -0.15) is 0 Å². The summed E-state index contributed by atoms with van der Waals surface area (Å²) in [4.78, 5) is 34.1. The van der Waals surface area contributed by atoms with E-state index >= 15 is 0 Å². The molecule has 0 aromatic heterocycles. The summed E-state index contributed by atoms with van der Waals surface area (Å²) in [6.07, 6.45) is 5.31. The summed E-state index contributed by atoms with van der Waals surface area (Å²) >= 11 is 0. The summed E-state index contributed by atoms with van der Waals surface area (Å²) in [6.45, 7) is -0.170. The van der Waals surface area contributed by atoms with Crippen molar-refractivity contribution in [1.29, 1.82) is 0 Å². The molecule has 0 bridgehead atoms. The third-order valence-electron chi connectivity index (χ3n) is 2.59. The number of nitrogens with zero attached hydrogens (tertiary/aromatic N) is 1. The lowest BCUT2D eigenvalue weighted by Gasteiger charge is -2.25. The second-order valence-electron chi connectivity index (χ2n) is 3.49. The molecule has 0 aromatic carbocycles. The number of nitrogens with two attached hydrogens (primary N) is 1. The van der Waals surface area contributed by atoms with E-state index in [-0.39, 0.29) is 12.6 Å². The Bertz CT molecular complexity index is 261. The van der Waals surface area contributed by atoms with Crippen molar-refractivity contribution in [3.63, 3.8) is 0 Å². The SMILES string of the molecule is NNC(=O)C(=O)N(C[C]=O)C1CCCC1. The summed E-state index contributed by atoms with van der Waals surface area (Å²) in [6, 6.07) is -0.0313. The first-order chi connectivity index (χ1) is 7.20. The highest BCUT2D eigenvalue weighted by Gasteiger charge is 2.29. The molecule has 6 heteroatoms. The monoisotopic (exact) mass is 212 g/mol. The van der Waals surface area contributed by atoms with Crippen LogP contribution < -0.4 is 11.3 Å². The lowest BCUT2D eigenvalue weighted by Crippen LogP contribution is -2.49. The molecule has 15 heavy (non-hydrogen) atoms. The van der Waals surface area contributed by atoms with Crippen molar-refractivity contribution in [2.75, 3.05) is 6.54 Å². The van der Waals surface area contributed by atoms with E-state index in [1.54, 1.807) is 11.7 Å². The zero-order valence-electron chi connectivity index (χ0n) is 8.36. The number of hydrogen-bond acceptors (Lipinski definition) is 4. The van der Waals surface area contributed by atoms with E-state index in [1.165, 1.54) is 4.90 Å². The van der Waals surface area contributed by atoms with Gasteiger partial charge in [-0.3, -0.25) is 19.8 Å². The summed E-state index contributed by atoms with van der Waals surface area (Å²) in [5, 5.41) is 0. The maximum Gasteiger partial charge on any atom is 0.323 e. The predicted molar refractivity (Wildman–Crippen MR) is 52.0 cm³/mol. The van der Waals surface area contributed by atoms with Crippen LogP contribution in [0.1, 0.15) is 25.7 Å². The molecule has 0 unspecified atom stereocenters. The molecule has 6 nitrogen and oxygen atoms in total. The number of hydrazine groups is 1. The van der Waals surface area contributed by atoms with E-state index < -0.39 is 11.8 Å². The number of amides is 2. The predicted octanol–water partition coefficient (Wildman–Crippen LogP) is -1.14. The molecule has 1 aliphatic carbocycles. The van der Waals surface area contributed by atoms with Gasteiger partial charge in [0.05, 0.1) is 6.54 Å². The van der Waals surface area contributed by atoms with Crippen molar-refractivity contribution in [3.8, 4) is 0 Å². The van der Waals surface area contributed by atoms with E-state index in [9.17, 15) is 14.4 Å². The van der Waals surface area contributed by atoms with Crippen molar-refractivity contribution >= 4 is 18.1 Å². The Morgan fingerprint density at radius 1 is 1.40 bits per heavy atom. The van der Waals surface area contributed by atoms with Crippen LogP contribution >= 0.6 is 0 Å². The van der Waals surface area contributed by atoms with E-state index in [0.717, 1.165) is 25.7 Å². The average Bonchev–Trinajstić information content (AvgIpc) is 2.77. The first-order valence-electron chi connectivity index (χ1n) is 4.87. The fourth-order valence-corrected chi connectivity index (χ4v) is 1.84. The Balaban J connectivity index is 2.67. The molecule has 2 amide bonds. The fraction of sp³-hybridized carbons (Fsp3) is 0.667. The summed E-state index contributed by atoms with van der Waals surface area (Å²) in [5.41, 5.74) is 1.77. The summed E-state index contributed by atoms with van der Waals surface area (Å²) in [7, 11) is 0. The molecule has 1 aliphatic rings. The molecule has 0 aliphatic heterocycles. The minimum atomic E-state index is -0.892. The van der Waals surface area contributed by atoms with Gasteiger partial charge in [0, 0.05) is 6.04 Å². The number of carbonyl (C=O) groups excluding carboxylic acids is 3. The molecule has 83 valence electrons. The van der Waals surface area contributed by atoms with Crippen LogP contribution in [0, 0.1) is 0 Å². The average molecular weight is 212 g/mol. The zero-order chi connectivity index (χ0) is 11.3. The molecule has 0 saturated heterocycles. The normalized spacial score (nSPS) is 16.1. The van der Waals surface area contributed by atoms with Gasteiger partial charge in [0.25, 0.3) is 0 Å². The van der Waals surface area contributed by atoms with Crippen LogP contribution in [-0.4, -0.2) is 35.6 Å². The standard InChI is InChI=1S/C9H14N3O3/c10-11-8(14)9(15)12(5-6-13)7-3-1-2-4-7/h7H,1-5,10H2,(H,11,14). The van der Waals surface area contributed by atoms with Gasteiger partial charge in [-0.15, -0.1) is 0 Å². The lowest BCUT2D eigenvalue weighted by atomic mass is 10.2. The topological polar surface area (TPSA) is 92.5 Å². The van der Waals surface area contributed by atoms with Crippen LogP contribution in [0.2, 0.25) is 0 Å². The first-order valence-corrected chi connectivity index (χ1v) is 4.87. The van der Waals surface area contributed by atoms with Gasteiger partial charge in [-0.05, 0) is 12.8 Å². The van der Waals surface area contributed by atoms with Gasteiger partial charge >= 0.3 is 11.8 Å². The second kappa shape index (κ2) is 5.45. The smallest absolute Gasteiger partial charge is 0.323 e. The van der Waals surface area contributed by atoms with Crippen LogP contribution in [-0.2, 0) is 14.4 Å². The molecule has 1 fully saturated rings. The van der Waals surface area contributed by atoms with Crippen LogP contribution in [0.5, 0.6) is 0 Å². The number of hydrogen-bond donors (Lipinski definition) is 2. The third-order valence-corrected chi connectivity index (χ3v) is 2.59. The molecule has 0 spiro atoms. The highest BCUT2D eigenvalue weighted by Crippen LogP contribution is 2.23. The Kier molecular flexibility index (Phi) is 4.23. The number of rotatable bonds is 3. The van der Waals surface area contributed by atoms with Gasteiger partial charge < -0.3 is 4.90 Å². The van der Waals surface area contributed by atoms with E-state index in [4.69, 9.17) is 5.84 Å². The van der Waals surface area contributed by atoms with Crippen molar-refractivity contribution < 1.29 is 14.4 Å². The molecule has 1 radical (unpaired) electrons. The third kappa shape index (κ3) is 2.76. The van der Waals surface area contributed by atoms with Gasteiger partial charge in [-0.1, -0.05) is 12.8 Å². The van der Waals surface area contributed by atoms with Crippen molar-refractivity contribution in [1.82, 2.24) is 10.3 Å². The Hall–Kier alpha value is -1.43. The number of carbonyl (C=O) groups is 2. The van der Waals surface area contributed by atoms with E-state index in [2.05, 4.69) is 0 Å². The van der Waals surface area contributed by atoms with Crippen LogP contribution in [0.4, 0.5) is 0 Å². The van der Waals surface area contributed by atoms with E-state index in [1.807, 2.05) is 0 Å². The van der Waals surface area contributed by atoms with Crippen LogP contribution in [0.3, 0.4) is 0 Å². The number of nitrogens with one attached hydrogen (secondary N) is 1. The quantitative estimate of drug-likeness (QED) is 0.267. The first kappa shape index (κ1) is 11.6. The molecule has 1 rings (SSSR count). The highest BCUT2D eigenvalue weighted by molar-refractivity contribution is 6.35. The summed E-state index contributed by atoms with van der Waals surface area (Å²) < 4.78 is 0. The molecule has 3 N–H and O–H groups in total. The van der Waals surface area contributed by atoms with Crippen LogP contribution in [0.25, 0.3) is 0 Å². The second-order valence-corrected chi connectivity index (χ2v) is 3.49. The maximum atomic E-state index is 11.5. The highest BCUT2D eigenvalue weighted by atomic mass is 16.2. The molecule has 0 heterocycles. The van der Waals surface area contributed by atoms with Gasteiger partial charge in [-0.25, -0.2) is 5.84 Å². The van der Waals surface area contributed by atoms with Gasteiger partial charge in [0.2, 0.25) is 6.29 Å². The molecule has 0 atom stereocenters. The minimum Gasteiger partial charge on any atom is -0.324 e. The van der Waals surface area contributed by atoms with Gasteiger partial charge in [0.15, 0.2) is 0 Å². The lowest BCUT2D eigenvalue weighted by molar-refractivity contribution is -0.146. The maximum absolute atomic E-state index is 11.5. The van der Waals surface area contributed by atoms with Gasteiger partial charge in [0.1, 0.15) is 0 Å². The minimum absolute atomic E-state index is 0.0313. The molecule has 0 aromatic rings. The van der Waals surface area contributed by atoms with Crippen LogP contribution in [0.15, 0.2) is 0 Å². The van der Waals surface area contributed by atoms with E-state index in [0.29, 0.717) is 0 Å². The summed E-state index contributed by atoms with van der Waals surface area (Å²) in [5.74, 6) is 3.21. The Labute approximate surface area is 87.8 Å². The fourth-order valence-electron chi connectivity index (χ4n) is 1.84. The Morgan fingerprint density at radius 3 is 2.47 bits per heavy atom. The molecular weight excluding hydrogens is 198 g/mol. The van der Waals surface area contributed by atoms with Crippen molar-refractivity contribution in [2.45, 2.75) is 31.7 Å². The largest absolute Gasteiger partial charge is 0.324 e. The van der Waals surface area contributed by atoms with Crippen molar-refractivity contribution in [2.24, 2.45) is 5.84 Å². The molecule has 1 saturated carbocycles. The van der Waals surface area contributed by atoms with Crippen molar-refractivity contribution in [3.05, 3.63) is 0 Å². The zero-order valence-corrected chi connectivity index (χ0v) is 8.36.